The van der Waals surface area contributed by atoms with Gasteiger partial charge in [-0.1, -0.05) is 0 Å². The van der Waals surface area contributed by atoms with Crippen molar-refractivity contribution in [3.63, 3.8) is 0 Å². The lowest BCUT2D eigenvalue weighted by Gasteiger charge is -2.05. The van der Waals surface area contributed by atoms with Gasteiger partial charge in [0.05, 0.1) is 0 Å². The van der Waals surface area contributed by atoms with Crippen LogP contribution in [0.2, 0.25) is 0 Å². The lowest BCUT2D eigenvalue weighted by Crippen LogP contribution is -2.11. The topological polar surface area (TPSA) is 79.4 Å². The Morgan fingerprint density at radius 3 is 2.94 bits per heavy atom. The van der Waals surface area contributed by atoms with Crippen LogP contribution in [0.3, 0.4) is 0 Å². The maximum Gasteiger partial charge on any atom is 0.224 e. The second-order valence-electron chi connectivity index (χ2n) is 3.96. The van der Waals surface area contributed by atoms with E-state index in [1.165, 1.54) is 0 Å². The predicted octanol–water partition coefficient (Wildman–Crippen LogP) is 1.04. The fraction of sp³-hybridized carbons (Fsp3) is 0.333. The minimum Gasteiger partial charge on any atom is -0.354 e. The zero-order valence-corrected chi connectivity index (χ0v) is 10.4. The molecular formula is C12H14N6. The van der Waals surface area contributed by atoms with Crippen molar-refractivity contribution < 1.29 is 0 Å². The summed E-state index contributed by atoms with van der Waals surface area (Å²) < 4.78 is 1.97. The predicted molar refractivity (Wildman–Crippen MR) is 66.9 cm³/mol. The standard InChI is InChI=1S/C12H14N6/c1-9-7-10(8-13)17-12(16-9)15-4-3-11-14-5-6-18(11)2/h5-7H,3-4H2,1-2H3,(H,15,16,17). The Kier molecular flexibility index (Phi) is 3.53. The van der Waals surface area contributed by atoms with Gasteiger partial charge in [-0.05, 0) is 13.0 Å². The number of hydrogen-bond acceptors (Lipinski definition) is 5. The molecule has 0 spiro atoms. The largest absolute Gasteiger partial charge is 0.354 e. The Balaban J connectivity index is 1.97. The van der Waals surface area contributed by atoms with Gasteiger partial charge in [-0.2, -0.15) is 5.26 Å². The smallest absolute Gasteiger partial charge is 0.224 e. The highest BCUT2D eigenvalue weighted by Gasteiger charge is 2.02. The molecule has 0 saturated carbocycles. The van der Waals surface area contributed by atoms with E-state index in [9.17, 15) is 0 Å². The summed E-state index contributed by atoms with van der Waals surface area (Å²) in [4.78, 5) is 12.5. The molecule has 1 N–H and O–H groups in total. The van der Waals surface area contributed by atoms with Crippen molar-refractivity contribution in [3.8, 4) is 6.07 Å². The van der Waals surface area contributed by atoms with E-state index in [0.29, 0.717) is 18.2 Å². The molecule has 0 radical (unpaired) electrons. The Morgan fingerprint density at radius 2 is 2.28 bits per heavy atom. The minimum atomic E-state index is 0.377. The van der Waals surface area contributed by atoms with Gasteiger partial charge in [-0.15, -0.1) is 0 Å². The number of nitrogens with one attached hydrogen (secondary N) is 1. The van der Waals surface area contributed by atoms with Crippen LogP contribution in [0.1, 0.15) is 17.2 Å². The third kappa shape index (κ3) is 2.83. The first-order valence-electron chi connectivity index (χ1n) is 5.65. The SMILES string of the molecule is Cc1cc(C#N)nc(NCCc2nccn2C)n1. The monoisotopic (exact) mass is 242 g/mol. The van der Waals surface area contributed by atoms with Crippen LogP contribution in [-0.2, 0) is 13.5 Å². The average Bonchev–Trinajstić information content (AvgIpc) is 2.74. The summed E-state index contributed by atoms with van der Waals surface area (Å²) in [5.74, 6) is 1.48. The van der Waals surface area contributed by atoms with E-state index >= 15 is 0 Å². The van der Waals surface area contributed by atoms with Crippen molar-refractivity contribution in [2.75, 3.05) is 11.9 Å². The number of aromatic nitrogens is 4. The van der Waals surface area contributed by atoms with Gasteiger partial charge in [0.1, 0.15) is 17.6 Å². The van der Waals surface area contributed by atoms with Crippen LogP contribution >= 0.6 is 0 Å². The van der Waals surface area contributed by atoms with E-state index in [0.717, 1.165) is 17.9 Å². The normalized spacial score (nSPS) is 10.1. The maximum atomic E-state index is 8.82. The molecule has 0 amide bonds. The number of hydrogen-bond donors (Lipinski definition) is 1. The summed E-state index contributed by atoms with van der Waals surface area (Å²) in [5, 5.41) is 11.9. The Morgan fingerprint density at radius 1 is 1.44 bits per heavy atom. The highest BCUT2D eigenvalue weighted by molar-refractivity contribution is 5.32. The number of rotatable bonds is 4. The number of anilines is 1. The summed E-state index contributed by atoms with van der Waals surface area (Å²) in [6.45, 7) is 2.52. The second kappa shape index (κ2) is 5.27. The maximum absolute atomic E-state index is 8.82. The molecule has 0 saturated heterocycles. The third-order valence-corrected chi connectivity index (χ3v) is 2.52. The molecule has 0 aliphatic heterocycles. The zero-order chi connectivity index (χ0) is 13.0. The molecular weight excluding hydrogens is 228 g/mol. The number of nitrogens with zero attached hydrogens (tertiary/aromatic N) is 5. The molecule has 0 bridgehead atoms. The minimum absolute atomic E-state index is 0.377. The van der Waals surface area contributed by atoms with E-state index in [1.54, 1.807) is 12.3 Å². The number of aryl methyl sites for hydroxylation is 2. The molecule has 0 aromatic carbocycles. The van der Waals surface area contributed by atoms with Gasteiger partial charge in [0.25, 0.3) is 0 Å². The van der Waals surface area contributed by atoms with Crippen LogP contribution in [0, 0.1) is 18.3 Å². The lowest BCUT2D eigenvalue weighted by molar-refractivity contribution is 0.786. The Labute approximate surface area is 105 Å². The molecule has 2 heterocycles. The summed E-state index contributed by atoms with van der Waals surface area (Å²) in [6, 6.07) is 3.67. The Bertz CT molecular complexity index is 580. The summed E-state index contributed by atoms with van der Waals surface area (Å²) >= 11 is 0. The molecule has 0 aliphatic carbocycles. The van der Waals surface area contributed by atoms with Crippen molar-refractivity contribution >= 4 is 5.95 Å². The van der Waals surface area contributed by atoms with Gasteiger partial charge in [0.15, 0.2) is 0 Å². The van der Waals surface area contributed by atoms with Crippen LogP contribution in [-0.4, -0.2) is 26.1 Å². The van der Waals surface area contributed by atoms with E-state index in [-0.39, 0.29) is 0 Å². The van der Waals surface area contributed by atoms with Gasteiger partial charge >= 0.3 is 0 Å². The summed E-state index contributed by atoms with van der Waals surface area (Å²) in [6.07, 6.45) is 4.46. The van der Waals surface area contributed by atoms with Gasteiger partial charge in [0, 0.05) is 38.1 Å². The van der Waals surface area contributed by atoms with Crippen LogP contribution < -0.4 is 5.32 Å². The van der Waals surface area contributed by atoms with Gasteiger partial charge in [0.2, 0.25) is 5.95 Å². The fourth-order valence-corrected chi connectivity index (χ4v) is 1.63. The highest BCUT2D eigenvalue weighted by atomic mass is 15.1. The second-order valence-corrected chi connectivity index (χ2v) is 3.96. The molecule has 0 unspecified atom stereocenters. The van der Waals surface area contributed by atoms with Crippen molar-refractivity contribution in [2.24, 2.45) is 7.05 Å². The van der Waals surface area contributed by atoms with Crippen LogP contribution in [0.4, 0.5) is 5.95 Å². The average molecular weight is 242 g/mol. The first-order valence-corrected chi connectivity index (χ1v) is 5.65. The van der Waals surface area contributed by atoms with Crippen LogP contribution in [0.15, 0.2) is 18.5 Å². The first kappa shape index (κ1) is 12.0. The molecule has 2 aromatic heterocycles. The molecule has 92 valence electrons. The van der Waals surface area contributed by atoms with E-state index in [4.69, 9.17) is 5.26 Å². The van der Waals surface area contributed by atoms with Crippen molar-refractivity contribution in [2.45, 2.75) is 13.3 Å². The van der Waals surface area contributed by atoms with E-state index in [2.05, 4.69) is 20.3 Å². The third-order valence-electron chi connectivity index (χ3n) is 2.52. The number of imidazole rings is 1. The van der Waals surface area contributed by atoms with Gasteiger partial charge in [-0.3, -0.25) is 0 Å². The van der Waals surface area contributed by atoms with Gasteiger partial charge in [-0.25, -0.2) is 15.0 Å². The van der Waals surface area contributed by atoms with E-state index < -0.39 is 0 Å². The van der Waals surface area contributed by atoms with Gasteiger partial charge < -0.3 is 9.88 Å². The molecule has 2 aromatic rings. The molecule has 0 aliphatic rings. The summed E-state index contributed by atoms with van der Waals surface area (Å²) in [5.41, 5.74) is 1.16. The molecule has 0 atom stereocenters. The van der Waals surface area contributed by atoms with Crippen molar-refractivity contribution in [1.29, 1.82) is 5.26 Å². The van der Waals surface area contributed by atoms with E-state index in [1.807, 2.05) is 30.8 Å². The fourth-order valence-electron chi connectivity index (χ4n) is 1.63. The number of nitriles is 1. The summed E-state index contributed by atoms with van der Waals surface area (Å²) in [7, 11) is 1.96. The molecule has 2 rings (SSSR count). The van der Waals surface area contributed by atoms with Crippen LogP contribution in [0.5, 0.6) is 0 Å². The first-order chi connectivity index (χ1) is 8.69. The van der Waals surface area contributed by atoms with Crippen molar-refractivity contribution in [3.05, 3.63) is 35.7 Å². The highest BCUT2D eigenvalue weighted by Crippen LogP contribution is 2.04. The molecule has 18 heavy (non-hydrogen) atoms. The van der Waals surface area contributed by atoms with Crippen molar-refractivity contribution in [1.82, 2.24) is 19.5 Å². The molecule has 6 heteroatoms. The Hall–Kier alpha value is -2.42. The lowest BCUT2D eigenvalue weighted by atomic mass is 10.3. The molecule has 0 fully saturated rings. The quantitative estimate of drug-likeness (QED) is 0.866. The zero-order valence-electron chi connectivity index (χ0n) is 10.4. The molecule has 6 nitrogen and oxygen atoms in total. The van der Waals surface area contributed by atoms with Crippen LogP contribution in [0.25, 0.3) is 0 Å².